The number of nitrogens with zero attached hydrogens (tertiary/aromatic N) is 5. The second kappa shape index (κ2) is 8.16. The fourth-order valence-electron chi connectivity index (χ4n) is 3.27. The van der Waals surface area contributed by atoms with Gasteiger partial charge in [-0.05, 0) is 43.2 Å². The lowest BCUT2D eigenvalue weighted by molar-refractivity contribution is 0.0991. The van der Waals surface area contributed by atoms with E-state index in [2.05, 4.69) is 20.1 Å². The van der Waals surface area contributed by atoms with Crippen LogP contribution >= 0.6 is 11.6 Å². The molecule has 7 heteroatoms. The van der Waals surface area contributed by atoms with Crippen LogP contribution in [-0.4, -0.2) is 30.5 Å². The van der Waals surface area contributed by atoms with E-state index in [1.165, 1.54) is 0 Å². The second-order valence-corrected chi connectivity index (χ2v) is 7.55. The molecule has 6 nitrogen and oxygen atoms in total. The van der Waals surface area contributed by atoms with Crippen LogP contribution in [0.1, 0.15) is 27.3 Å². The first kappa shape index (κ1) is 19.9. The van der Waals surface area contributed by atoms with Crippen molar-refractivity contribution in [3.63, 3.8) is 0 Å². The second-order valence-electron chi connectivity index (χ2n) is 7.15. The summed E-state index contributed by atoms with van der Waals surface area (Å²) in [7, 11) is 1.91. The van der Waals surface area contributed by atoms with Gasteiger partial charge in [0.2, 0.25) is 0 Å². The lowest BCUT2D eigenvalue weighted by Crippen LogP contribution is -2.08. The highest BCUT2D eigenvalue weighted by Crippen LogP contribution is 2.32. The largest absolute Gasteiger partial charge is 0.294 e. The van der Waals surface area contributed by atoms with Gasteiger partial charge >= 0.3 is 0 Å². The minimum absolute atomic E-state index is 0.0327. The zero-order chi connectivity index (χ0) is 21.3. The number of hydrogen-bond donors (Lipinski definition) is 0. The van der Waals surface area contributed by atoms with E-state index in [0.717, 1.165) is 27.9 Å². The Morgan fingerprint density at radius 2 is 1.87 bits per heavy atom. The first-order valence-electron chi connectivity index (χ1n) is 9.47. The van der Waals surface area contributed by atoms with Crippen molar-refractivity contribution in [1.29, 1.82) is 0 Å². The van der Waals surface area contributed by atoms with E-state index < -0.39 is 0 Å². The van der Waals surface area contributed by atoms with Crippen LogP contribution in [0.4, 0.5) is 0 Å². The van der Waals surface area contributed by atoms with Gasteiger partial charge in [-0.2, -0.15) is 5.10 Å². The van der Waals surface area contributed by atoms with Crippen molar-refractivity contribution in [3.05, 3.63) is 82.8 Å². The van der Waals surface area contributed by atoms with Crippen LogP contribution in [0, 0.1) is 13.8 Å². The number of aryl methyl sites for hydroxylation is 2. The zero-order valence-electron chi connectivity index (χ0n) is 16.9. The number of benzene rings is 1. The van der Waals surface area contributed by atoms with Gasteiger partial charge in [0.1, 0.15) is 0 Å². The molecule has 0 saturated heterocycles. The summed E-state index contributed by atoms with van der Waals surface area (Å²) in [6.07, 6.45) is 8.54. The fraction of sp³-hybridized carbons (Fsp3) is 0.174. The molecule has 0 aliphatic rings. The van der Waals surface area contributed by atoms with E-state index in [1.54, 1.807) is 24.8 Å². The van der Waals surface area contributed by atoms with Crippen LogP contribution in [0.3, 0.4) is 0 Å². The molecule has 0 fully saturated rings. The van der Waals surface area contributed by atoms with Crippen molar-refractivity contribution >= 4 is 17.4 Å². The van der Waals surface area contributed by atoms with Crippen molar-refractivity contribution < 1.29 is 4.79 Å². The highest BCUT2D eigenvalue weighted by molar-refractivity contribution is 6.33. The molecule has 0 N–H and O–H groups in total. The van der Waals surface area contributed by atoms with Gasteiger partial charge in [0.05, 0.1) is 35.2 Å². The number of carbonyl (C=O) groups is 1. The Bertz CT molecular complexity index is 1230. The third-order valence-electron chi connectivity index (χ3n) is 5.18. The van der Waals surface area contributed by atoms with Crippen LogP contribution in [-0.2, 0) is 13.5 Å². The van der Waals surface area contributed by atoms with Gasteiger partial charge in [-0.3, -0.25) is 24.4 Å². The molecular weight excluding hydrogens is 398 g/mol. The SMILES string of the molecule is Cc1ccncc1C(=O)Cc1cnc(-c2cc(-c3cnn(C)c3C)ccc2Cl)cn1. The molecule has 0 aliphatic heterocycles. The molecule has 0 saturated carbocycles. The third kappa shape index (κ3) is 3.86. The van der Waals surface area contributed by atoms with Crippen molar-refractivity contribution in [2.24, 2.45) is 7.05 Å². The molecule has 0 atom stereocenters. The lowest BCUT2D eigenvalue weighted by atomic mass is 10.0. The Balaban J connectivity index is 1.60. The van der Waals surface area contributed by atoms with Crippen molar-refractivity contribution in [2.75, 3.05) is 0 Å². The minimum Gasteiger partial charge on any atom is -0.294 e. The topological polar surface area (TPSA) is 73.6 Å². The van der Waals surface area contributed by atoms with Crippen molar-refractivity contribution in [3.8, 4) is 22.4 Å². The molecule has 150 valence electrons. The third-order valence-corrected chi connectivity index (χ3v) is 5.50. The summed E-state index contributed by atoms with van der Waals surface area (Å²) < 4.78 is 1.83. The van der Waals surface area contributed by atoms with E-state index in [-0.39, 0.29) is 12.2 Å². The van der Waals surface area contributed by atoms with Crippen LogP contribution in [0.15, 0.2) is 55.2 Å². The number of Topliss-reactive ketones (excluding diaryl/α,β-unsaturated/α-hetero) is 1. The standard InChI is InChI=1S/C23H20ClN5O/c1-14-6-7-25-11-19(14)23(30)9-17-10-27-22(13-26-17)18-8-16(4-5-21(18)24)20-12-28-29(3)15(20)2/h4-8,10-13H,9H2,1-3H3. The number of ketones is 1. The van der Waals surface area contributed by atoms with Gasteiger partial charge in [-0.15, -0.1) is 0 Å². The average molecular weight is 418 g/mol. The van der Waals surface area contributed by atoms with Crippen molar-refractivity contribution in [2.45, 2.75) is 20.3 Å². The first-order valence-corrected chi connectivity index (χ1v) is 9.85. The van der Waals surface area contributed by atoms with Crippen molar-refractivity contribution in [1.82, 2.24) is 24.7 Å². The van der Waals surface area contributed by atoms with E-state index in [4.69, 9.17) is 11.6 Å². The van der Waals surface area contributed by atoms with Gasteiger partial charge in [-0.1, -0.05) is 17.7 Å². The van der Waals surface area contributed by atoms with Gasteiger partial charge in [0, 0.05) is 48.0 Å². The number of halogens is 1. The van der Waals surface area contributed by atoms with Gasteiger partial charge in [-0.25, -0.2) is 0 Å². The Labute approximate surface area is 179 Å². The van der Waals surface area contributed by atoms with Gasteiger partial charge in [0.25, 0.3) is 0 Å². The smallest absolute Gasteiger partial charge is 0.170 e. The molecule has 4 rings (SSSR count). The number of rotatable bonds is 5. The molecule has 0 radical (unpaired) electrons. The summed E-state index contributed by atoms with van der Waals surface area (Å²) in [4.78, 5) is 25.5. The van der Waals surface area contributed by atoms with Crippen LogP contribution in [0.5, 0.6) is 0 Å². The normalized spacial score (nSPS) is 10.9. The highest BCUT2D eigenvalue weighted by atomic mass is 35.5. The summed E-state index contributed by atoms with van der Waals surface area (Å²) in [5, 5.41) is 4.89. The fourth-order valence-corrected chi connectivity index (χ4v) is 3.49. The molecule has 0 bridgehead atoms. The molecule has 3 aromatic heterocycles. The molecule has 0 amide bonds. The quantitative estimate of drug-likeness (QED) is 0.442. The van der Waals surface area contributed by atoms with E-state index >= 15 is 0 Å². The van der Waals surface area contributed by atoms with Crippen LogP contribution in [0.25, 0.3) is 22.4 Å². The zero-order valence-corrected chi connectivity index (χ0v) is 17.7. The molecule has 0 unspecified atom stereocenters. The van der Waals surface area contributed by atoms with E-state index in [1.807, 2.05) is 56.0 Å². The Morgan fingerprint density at radius 1 is 1.03 bits per heavy atom. The summed E-state index contributed by atoms with van der Waals surface area (Å²) in [5.74, 6) is -0.0327. The molecular formula is C23H20ClN5O. The van der Waals surface area contributed by atoms with Crippen LogP contribution < -0.4 is 0 Å². The molecule has 30 heavy (non-hydrogen) atoms. The Kier molecular flexibility index (Phi) is 5.42. The number of aromatic nitrogens is 5. The summed E-state index contributed by atoms with van der Waals surface area (Å²) >= 11 is 6.44. The molecule has 0 aliphatic carbocycles. The average Bonchev–Trinajstić information content (AvgIpc) is 3.08. The van der Waals surface area contributed by atoms with E-state index in [0.29, 0.717) is 22.0 Å². The predicted molar refractivity (Wildman–Crippen MR) is 116 cm³/mol. The molecule has 1 aromatic carbocycles. The monoisotopic (exact) mass is 417 g/mol. The predicted octanol–water partition coefficient (Wildman–Crippen LogP) is 4.63. The Morgan fingerprint density at radius 3 is 2.53 bits per heavy atom. The van der Waals surface area contributed by atoms with E-state index in [9.17, 15) is 4.79 Å². The van der Waals surface area contributed by atoms with Gasteiger partial charge < -0.3 is 0 Å². The number of pyridine rings is 1. The summed E-state index contributed by atoms with van der Waals surface area (Å²) in [6.45, 7) is 3.91. The lowest BCUT2D eigenvalue weighted by Gasteiger charge is -2.08. The number of hydrogen-bond acceptors (Lipinski definition) is 5. The first-order chi connectivity index (χ1) is 14.4. The number of carbonyl (C=O) groups excluding carboxylic acids is 1. The maximum Gasteiger partial charge on any atom is 0.170 e. The van der Waals surface area contributed by atoms with Crippen LogP contribution in [0.2, 0.25) is 5.02 Å². The molecule has 4 aromatic rings. The van der Waals surface area contributed by atoms with Gasteiger partial charge in [0.15, 0.2) is 5.78 Å². The maximum atomic E-state index is 12.5. The maximum absolute atomic E-state index is 12.5. The summed E-state index contributed by atoms with van der Waals surface area (Å²) in [6, 6.07) is 7.62. The Hall–Kier alpha value is -3.38. The minimum atomic E-state index is -0.0327. The molecule has 3 heterocycles. The molecule has 0 spiro atoms. The highest BCUT2D eigenvalue weighted by Gasteiger charge is 2.14. The summed E-state index contributed by atoms with van der Waals surface area (Å²) in [5.41, 5.74) is 6.64.